The fourth-order valence-electron chi connectivity index (χ4n) is 4.32. The van der Waals surface area contributed by atoms with Crippen LogP contribution in [0.4, 0.5) is 20.6 Å². The van der Waals surface area contributed by atoms with Crippen LogP contribution in [0.5, 0.6) is 5.88 Å². The molecule has 0 spiro atoms. The van der Waals surface area contributed by atoms with Crippen molar-refractivity contribution in [1.82, 2.24) is 9.88 Å². The lowest BCUT2D eigenvalue weighted by atomic mass is 9.84. The van der Waals surface area contributed by atoms with E-state index in [4.69, 9.17) is 19.5 Å². The Balaban J connectivity index is 1.49. The summed E-state index contributed by atoms with van der Waals surface area (Å²) in [5, 5.41) is 12.1. The Bertz CT molecular complexity index is 1100. The van der Waals surface area contributed by atoms with Gasteiger partial charge in [0.2, 0.25) is 5.82 Å². The van der Waals surface area contributed by atoms with Crippen LogP contribution in [0.25, 0.3) is 0 Å². The van der Waals surface area contributed by atoms with Crippen LogP contribution in [0.15, 0.2) is 30.5 Å². The number of hydrogen-bond acceptors (Lipinski definition) is 7. The van der Waals surface area contributed by atoms with Gasteiger partial charge in [-0.25, -0.2) is 9.78 Å². The molecule has 1 N–H and O–H groups in total. The number of hydrogen-bond donors (Lipinski definition) is 1. The van der Waals surface area contributed by atoms with Crippen LogP contribution in [-0.2, 0) is 9.47 Å². The summed E-state index contributed by atoms with van der Waals surface area (Å²) in [5.41, 5.74) is 1.69. The SMILES string of the molecule is Cc1cc(C#N)ccc1Nc1ccnc(OC2C3COCC2CN(C(=O)OC(C)(C)C)C3)c1F. The number of anilines is 2. The van der Waals surface area contributed by atoms with Crippen molar-refractivity contribution in [2.45, 2.75) is 39.4 Å². The number of carbonyl (C=O) groups is 1. The van der Waals surface area contributed by atoms with Crippen LogP contribution in [-0.4, -0.2) is 54.0 Å². The Hall–Kier alpha value is -3.38. The number of amides is 1. The number of rotatable bonds is 4. The number of fused-ring (bicyclic) bond motifs is 2. The molecule has 3 heterocycles. The minimum Gasteiger partial charge on any atom is -0.471 e. The van der Waals surface area contributed by atoms with Crippen molar-refractivity contribution in [2.24, 2.45) is 11.8 Å². The average Bonchev–Trinajstić information content (AvgIpc) is 2.76. The first-order valence-corrected chi connectivity index (χ1v) is 11.3. The highest BCUT2D eigenvalue weighted by molar-refractivity contribution is 5.68. The van der Waals surface area contributed by atoms with Gasteiger partial charge in [0, 0.05) is 36.8 Å². The Kier molecular flexibility index (Phi) is 6.62. The molecule has 1 aromatic carbocycles. The molecule has 2 aliphatic rings. The second-order valence-electron chi connectivity index (χ2n) is 9.77. The van der Waals surface area contributed by atoms with E-state index >= 15 is 4.39 Å². The molecule has 2 fully saturated rings. The number of nitrogens with zero attached hydrogens (tertiary/aromatic N) is 3. The summed E-state index contributed by atoms with van der Waals surface area (Å²) in [6, 6.07) is 8.77. The van der Waals surface area contributed by atoms with Crippen molar-refractivity contribution >= 4 is 17.5 Å². The molecular weight excluding hydrogens is 439 g/mol. The second kappa shape index (κ2) is 9.47. The maximum absolute atomic E-state index is 15.3. The topological polar surface area (TPSA) is 96.7 Å². The molecule has 0 aliphatic carbocycles. The van der Waals surface area contributed by atoms with E-state index in [-0.39, 0.29) is 35.6 Å². The number of likely N-dealkylation sites (tertiary alicyclic amines) is 1. The molecule has 34 heavy (non-hydrogen) atoms. The van der Waals surface area contributed by atoms with Gasteiger partial charge in [-0.15, -0.1) is 0 Å². The monoisotopic (exact) mass is 468 g/mol. The van der Waals surface area contributed by atoms with Gasteiger partial charge in [-0.2, -0.15) is 9.65 Å². The molecule has 2 aliphatic heterocycles. The normalized spacial score (nSPS) is 22.0. The molecule has 2 aromatic rings. The number of benzene rings is 1. The molecular formula is C25H29FN4O4. The Labute approximate surface area is 198 Å². The van der Waals surface area contributed by atoms with Gasteiger partial charge in [-0.3, -0.25) is 0 Å². The molecule has 180 valence electrons. The lowest BCUT2D eigenvalue weighted by Gasteiger charge is -2.46. The molecule has 0 saturated carbocycles. The van der Waals surface area contributed by atoms with Crippen molar-refractivity contribution in [1.29, 1.82) is 5.26 Å². The summed E-state index contributed by atoms with van der Waals surface area (Å²) in [5.74, 6) is -0.944. The van der Waals surface area contributed by atoms with Crippen molar-refractivity contribution in [2.75, 3.05) is 31.6 Å². The van der Waals surface area contributed by atoms with Crippen LogP contribution in [0, 0.1) is 35.9 Å². The Morgan fingerprint density at radius 1 is 1.24 bits per heavy atom. The van der Waals surface area contributed by atoms with E-state index in [1.165, 1.54) is 12.3 Å². The number of aromatic nitrogens is 1. The third kappa shape index (κ3) is 5.23. The summed E-state index contributed by atoms with van der Waals surface area (Å²) < 4.78 is 32.6. The Morgan fingerprint density at radius 2 is 1.94 bits per heavy atom. The smallest absolute Gasteiger partial charge is 0.410 e. The van der Waals surface area contributed by atoms with Gasteiger partial charge < -0.3 is 24.4 Å². The number of carbonyl (C=O) groups excluding carboxylic acids is 1. The minimum atomic E-state index is -0.597. The molecule has 2 saturated heterocycles. The first-order chi connectivity index (χ1) is 16.1. The highest BCUT2D eigenvalue weighted by Gasteiger charge is 2.44. The van der Waals surface area contributed by atoms with Crippen LogP contribution >= 0.6 is 0 Å². The predicted octanol–water partition coefficient (Wildman–Crippen LogP) is 4.41. The van der Waals surface area contributed by atoms with E-state index in [1.54, 1.807) is 23.1 Å². The molecule has 2 atom stereocenters. The van der Waals surface area contributed by atoms with E-state index in [9.17, 15) is 4.79 Å². The van der Waals surface area contributed by atoms with Gasteiger partial charge in [-0.05, 0) is 57.5 Å². The van der Waals surface area contributed by atoms with Crippen molar-refractivity contribution in [3.05, 3.63) is 47.4 Å². The van der Waals surface area contributed by atoms with E-state index in [1.807, 2.05) is 27.7 Å². The first kappa shape index (κ1) is 23.8. The molecule has 9 heteroatoms. The Morgan fingerprint density at radius 3 is 2.56 bits per heavy atom. The summed E-state index contributed by atoms with van der Waals surface area (Å²) >= 11 is 0. The number of halogens is 1. The average molecular weight is 469 g/mol. The number of nitrogens with one attached hydrogen (secondary N) is 1. The largest absolute Gasteiger partial charge is 0.471 e. The zero-order chi connectivity index (χ0) is 24.5. The standard InChI is InChI=1S/C25H29FN4O4/c1-15-9-16(10-27)5-6-19(15)29-20-7-8-28-23(21(20)26)33-22-17-11-30(12-18(22)14-32-13-17)24(31)34-25(2,3)4/h5-9,17-18,22H,11-14H2,1-4H3,(H,28,29). The van der Waals surface area contributed by atoms with Gasteiger partial charge in [0.25, 0.3) is 5.88 Å². The predicted molar refractivity (Wildman–Crippen MR) is 123 cm³/mol. The van der Waals surface area contributed by atoms with E-state index in [2.05, 4.69) is 16.4 Å². The molecule has 1 aromatic heterocycles. The van der Waals surface area contributed by atoms with Crippen molar-refractivity contribution in [3.63, 3.8) is 0 Å². The van der Waals surface area contributed by atoms with E-state index in [0.717, 1.165) is 5.56 Å². The molecule has 1 amide bonds. The van der Waals surface area contributed by atoms with E-state index in [0.29, 0.717) is 37.6 Å². The molecule has 2 unspecified atom stereocenters. The zero-order valence-electron chi connectivity index (χ0n) is 19.8. The first-order valence-electron chi connectivity index (χ1n) is 11.3. The van der Waals surface area contributed by atoms with Crippen LogP contribution < -0.4 is 10.1 Å². The highest BCUT2D eigenvalue weighted by Crippen LogP contribution is 2.34. The van der Waals surface area contributed by atoms with Gasteiger partial charge >= 0.3 is 6.09 Å². The summed E-state index contributed by atoms with van der Waals surface area (Å²) in [6.45, 7) is 8.97. The summed E-state index contributed by atoms with van der Waals surface area (Å²) in [6.07, 6.45) is 0.791. The van der Waals surface area contributed by atoms with Gasteiger partial charge in [-0.1, -0.05) is 0 Å². The number of pyridine rings is 1. The summed E-state index contributed by atoms with van der Waals surface area (Å²) in [4.78, 5) is 18.4. The molecule has 0 radical (unpaired) electrons. The molecule has 2 bridgehead atoms. The van der Waals surface area contributed by atoms with Crippen LogP contribution in [0.1, 0.15) is 31.9 Å². The quantitative estimate of drug-likeness (QED) is 0.710. The lowest BCUT2D eigenvalue weighted by Crippen LogP contribution is -2.59. The van der Waals surface area contributed by atoms with Crippen molar-refractivity contribution in [3.8, 4) is 11.9 Å². The fourth-order valence-corrected chi connectivity index (χ4v) is 4.32. The van der Waals surface area contributed by atoms with E-state index < -0.39 is 11.4 Å². The fraction of sp³-hybridized carbons (Fsp3) is 0.480. The molecule has 4 rings (SSSR count). The number of ether oxygens (including phenoxy) is 3. The lowest BCUT2D eigenvalue weighted by molar-refractivity contribution is -0.114. The number of aryl methyl sites for hydroxylation is 1. The number of piperidine rings is 1. The summed E-state index contributed by atoms with van der Waals surface area (Å²) in [7, 11) is 0. The number of nitriles is 1. The molecule has 8 nitrogen and oxygen atoms in total. The third-order valence-electron chi connectivity index (χ3n) is 5.88. The maximum atomic E-state index is 15.3. The third-order valence-corrected chi connectivity index (χ3v) is 5.88. The highest BCUT2D eigenvalue weighted by atomic mass is 19.1. The minimum absolute atomic E-state index is 0.0936. The van der Waals surface area contributed by atoms with Crippen LogP contribution in [0.3, 0.4) is 0 Å². The van der Waals surface area contributed by atoms with Gasteiger partial charge in [0.1, 0.15) is 11.7 Å². The van der Waals surface area contributed by atoms with Gasteiger partial charge in [0.05, 0.1) is 30.5 Å². The van der Waals surface area contributed by atoms with Crippen LogP contribution in [0.2, 0.25) is 0 Å². The van der Waals surface area contributed by atoms with Gasteiger partial charge in [0.15, 0.2) is 0 Å². The van der Waals surface area contributed by atoms with Crippen molar-refractivity contribution < 1.29 is 23.4 Å². The zero-order valence-corrected chi connectivity index (χ0v) is 19.8. The second-order valence-corrected chi connectivity index (χ2v) is 9.77. The maximum Gasteiger partial charge on any atom is 0.410 e.